The number of aliphatic carboxylic acids is 2. The molecular formula is C37H48F2N6O7S. The van der Waals surface area contributed by atoms with E-state index in [4.69, 9.17) is 16.6 Å². The van der Waals surface area contributed by atoms with E-state index in [1.165, 1.54) is 6.92 Å². The third-order valence-electron chi connectivity index (χ3n) is 8.39. The van der Waals surface area contributed by atoms with Crippen LogP contribution in [-0.4, -0.2) is 92.1 Å². The summed E-state index contributed by atoms with van der Waals surface area (Å²) in [4.78, 5) is 62.5. The summed E-state index contributed by atoms with van der Waals surface area (Å²) in [7, 11) is 0. The van der Waals surface area contributed by atoms with Gasteiger partial charge in [0.1, 0.15) is 22.9 Å². The van der Waals surface area contributed by atoms with Gasteiger partial charge in [0.25, 0.3) is 0 Å². The van der Waals surface area contributed by atoms with Gasteiger partial charge in [0.2, 0.25) is 17.7 Å². The standard InChI is InChI=1S/C37H48F2N6O7S/c1-22(46)45(15-12-28(40)34(48)43-14-13-42-32(47)18-31(36(51)52)53-21-29(41)35(49)50)33(37(2,3)4)30-16-24(26-17-25(38)10-11-27(26)39)20-44(30)19-23-8-6-5-7-9-23/h5-11,16-17,20,28-29,31,33H,12-15,18-19,21,40-41H2,1-4H3,(H,42,47)(H,43,48)(H,49,50)(H,51,52)/t28-,29-,31?,33-/m0/s1. The Balaban J connectivity index is 1.71. The number of amides is 3. The van der Waals surface area contributed by atoms with Crippen molar-refractivity contribution in [2.45, 2.75) is 70.5 Å². The number of carbonyl (C=O) groups excluding carboxylic acids is 3. The van der Waals surface area contributed by atoms with Crippen LogP contribution in [0.25, 0.3) is 11.1 Å². The molecule has 4 atom stereocenters. The first kappa shape index (κ1) is 42.6. The molecule has 0 spiro atoms. The largest absolute Gasteiger partial charge is 0.480 e. The first-order chi connectivity index (χ1) is 24.9. The lowest BCUT2D eigenvalue weighted by atomic mass is 9.82. The van der Waals surface area contributed by atoms with Crippen molar-refractivity contribution in [3.05, 3.63) is 83.7 Å². The quantitative estimate of drug-likeness (QED) is 0.0983. The average Bonchev–Trinajstić information content (AvgIpc) is 3.49. The van der Waals surface area contributed by atoms with Gasteiger partial charge >= 0.3 is 11.9 Å². The minimum absolute atomic E-state index is 0.0134. The second-order valence-electron chi connectivity index (χ2n) is 13.7. The average molecular weight is 759 g/mol. The van der Waals surface area contributed by atoms with Gasteiger partial charge in [-0.3, -0.25) is 24.0 Å². The molecule has 288 valence electrons. The number of carboxylic acids is 2. The maximum Gasteiger partial charge on any atom is 0.321 e. The highest BCUT2D eigenvalue weighted by molar-refractivity contribution is 8.00. The Kier molecular flexibility index (Phi) is 15.5. The molecular weight excluding hydrogens is 711 g/mol. The first-order valence-electron chi connectivity index (χ1n) is 17.0. The summed E-state index contributed by atoms with van der Waals surface area (Å²) in [5, 5.41) is 22.2. The minimum Gasteiger partial charge on any atom is -0.480 e. The topological polar surface area (TPSA) is 210 Å². The first-order valence-corrected chi connectivity index (χ1v) is 18.0. The summed E-state index contributed by atoms with van der Waals surface area (Å²) in [6.45, 7) is 7.72. The summed E-state index contributed by atoms with van der Waals surface area (Å²) in [6, 6.07) is 11.7. The molecule has 3 rings (SSSR count). The van der Waals surface area contributed by atoms with Crippen LogP contribution < -0.4 is 22.1 Å². The van der Waals surface area contributed by atoms with Crippen molar-refractivity contribution in [2.24, 2.45) is 16.9 Å². The number of thioether (sulfide) groups is 1. The number of hydrogen-bond acceptors (Lipinski definition) is 8. The molecule has 0 saturated heterocycles. The lowest BCUT2D eigenvalue weighted by molar-refractivity contribution is -0.139. The minimum atomic E-state index is -1.29. The second-order valence-corrected chi connectivity index (χ2v) is 15.0. The Bertz CT molecular complexity index is 1750. The van der Waals surface area contributed by atoms with Crippen molar-refractivity contribution in [3.63, 3.8) is 0 Å². The van der Waals surface area contributed by atoms with Crippen LogP contribution in [0.1, 0.15) is 57.8 Å². The SMILES string of the molecule is CC(=O)N(CC[C@H](N)C(=O)NCCNC(=O)CC(SC[C@H](N)C(=O)O)C(=O)O)[C@@H](c1cc(-c2cc(F)ccc2F)cn1Cc1ccccc1)C(C)(C)C. The van der Waals surface area contributed by atoms with Gasteiger partial charge in [0, 0.05) is 68.3 Å². The summed E-state index contributed by atoms with van der Waals surface area (Å²) in [6.07, 6.45) is 1.39. The monoisotopic (exact) mass is 758 g/mol. The molecule has 0 aliphatic rings. The number of halogens is 2. The van der Waals surface area contributed by atoms with E-state index in [1.54, 1.807) is 17.2 Å². The Hall–Kier alpha value is -4.80. The van der Waals surface area contributed by atoms with Crippen molar-refractivity contribution in [3.8, 4) is 11.1 Å². The number of nitrogens with two attached hydrogens (primary N) is 2. The van der Waals surface area contributed by atoms with Crippen LogP contribution in [0.2, 0.25) is 0 Å². The number of benzene rings is 2. The van der Waals surface area contributed by atoms with Crippen LogP contribution in [0.4, 0.5) is 8.78 Å². The number of nitrogens with one attached hydrogen (secondary N) is 2. The van der Waals surface area contributed by atoms with Crippen molar-refractivity contribution in [1.82, 2.24) is 20.1 Å². The Morgan fingerprint density at radius 3 is 2.19 bits per heavy atom. The summed E-state index contributed by atoms with van der Waals surface area (Å²) in [5.41, 5.74) is 13.2. The van der Waals surface area contributed by atoms with E-state index in [-0.39, 0.29) is 43.3 Å². The number of rotatable bonds is 19. The molecule has 0 aliphatic heterocycles. The number of carbonyl (C=O) groups is 5. The van der Waals surface area contributed by atoms with E-state index in [0.29, 0.717) is 17.8 Å². The fraction of sp³-hybridized carbons (Fsp3) is 0.432. The fourth-order valence-corrected chi connectivity index (χ4v) is 6.75. The predicted octanol–water partition coefficient (Wildman–Crippen LogP) is 3.36. The van der Waals surface area contributed by atoms with Gasteiger partial charge < -0.3 is 41.8 Å². The molecule has 3 aromatic rings. The van der Waals surface area contributed by atoms with Crippen LogP contribution >= 0.6 is 11.8 Å². The van der Waals surface area contributed by atoms with Crippen LogP contribution in [-0.2, 0) is 30.5 Å². The Morgan fingerprint density at radius 1 is 0.925 bits per heavy atom. The molecule has 0 radical (unpaired) electrons. The molecule has 1 heterocycles. The van der Waals surface area contributed by atoms with E-state index in [9.17, 15) is 37.9 Å². The molecule has 0 aliphatic carbocycles. The zero-order valence-electron chi connectivity index (χ0n) is 30.2. The van der Waals surface area contributed by atoms with Crippen molar-refractivity contribution >= 4 is 41.4 Å². The number of carboxylic acid groups (broad SMARTS) is 2. The Labute approximate surface area is 311 Å². The molecule has 1 unspecified atom stereocenters. The molecule has 16 heteroatoms. The molecule has 0 bridgehead atoms. The molecule has 1 aromatic heterocycles. The lowest BCUT2D eigenvalue weighted by Crippen LogP contribution is -2.47. The number of nitrogens with zero attached hydrogens (tertiary/aromatic N) is 2. The van der Waals surface area contributed by atoms with Gasteiger partial charge in [-0.15, -0.1) is 11.8 Å². The van der Waals surface area contributed by atoms with E-state index < -0.39 is 70.6 Å². The summed E-state index contributed by atoms with van der Waals surface area (Å²) >= 11 is 0.745. The summed E-state index contributed by atoms with van der Waals surface area (Å²) in [5.74, 6) is -5.38. The highest BCUT2D eigenvalue weighted by Crippen LogP contribution is 2.41. The molecule has 2 aromatic carbocycles. The second kappa shape index (κ2) is 19.3. The molecule has 0 fully saturated rings. The van der Waals surface area contributed by atoms with Gasteiger partial charge in [-0.05, 0) is 41.7 Å². The van der Waals surface area contributed by atoms with E-state index in [1.807, 2.05) is 55.7 Å². The van der Waals surface area contributed by atoms with E-state index in [0.717, 1.165) is 35.5 Å². The third kappa shape index (κ3) is 12.7. The lowest BCUT2D eigenvalue weighted by Gasteiger charge is -2.41. The Morgan fingerprint density at radius 2 is 1.58 bits per heavy atom. The van der Waals surface area contributed by atoms with Gasteiger partial charge in [0.05, 0.1) is 12.1 Å². The number of hydrogen-bond donors (Lipinski definition) is 6. The molecule has 3 amide bonds. The molecule has 8 N–H and O–H groups in total. The maximum absolute atomic E-state index is 15.0. The number of aromatic nitrogens is 1. The van der Waals surface area contributed by atoms with Crippen LogP contribution in [0.15, 0.2) is 60.8 Å². The van der Waals surface area contributed by atoms with Gasteiger partial charge in [0.15, 0.2) is 0 Å². The van der Waals surface area contributed by atoms with Crippen molar-refractivity contribution in [2.75, 3.05) is 25.4 Å². The smallest absolute Gasteiger partial charge is 0.321 e. The van der Waals surface area contributed by atoms with Crippen molar-refractivity contribution in [1.29, 1.82) is 0 Å². The summed E-state index contributed by atoms with van der Waals surface area (Å²) < 4.78 is 31.2. The van der Waals surface area contributed by atoms with E-state index >= 15 is 0 Å². The molecule has 0 saturated carbocycles. The van der Waals surface area contributed by atoms with Crippen LogP contribution in [0, 0.1) is 17.0 Å². The maximum atomic E-state index is 15.0. The van der Waals surface area contributed by atoms with Gasteiger partial charge in [-0.25, -0.2) is 8.78 Å². The van der Waals surface area contributed by atoms with Gasteiger partial charge in [-0.1, -0.05) is 51.1 Å². The highest BCUT2D eigenvalue weighted by atomic mass is 32.2. The third-order valence-corrected chi connectivity index (χ3v) is 9.71. The van der Waals surface area contributed by atoms with Crippen LogP contribution in [0.5, 0.6) is 0 Å². The predicted molar refractivity (Wildman–Crippen MR) is 198 cm³/mol. The highest BCUT2D eigenvalue weighted by Gasteiger charge is 2.36. The molecule has 13 nitrogen and oxygen atoms in total. The normalized spacial score (nSPS) is 13.7. The molecule has 53 heavy (non-hydrogen) atoms. The van der Waals surface area contributed by atoms with Crippen molar-refractivity contribution < 1.29 is 43.0 Å². The van der Waals surface area contributed by atoms with E-state index in [2.05, 4.69) is 10.6 Å². The zero-order valence-corrected chi connectivity index (χ0v) is 31.0. The fourth-order valence-electron chi connectivity index (χ4n) is 5.76. The van der Waals surface area contributed by atoms with Crippen LogP contribution in [0.3, 0.4) is 0 Å². The zero-order chi connectivity index (χ0) is 39.5. The van der Waals surface area contributed by atoms with Gasteiger partial charge in [-0.2, -0.15) is 0 Å².